The average molecular weight is 485 g/mol. The summed E-state index contributed by atoms with van der Waals surface area (Å²) in [6.07, 6.45) is 13.6. The first-order valence-corrected chi connectivity index (χ1v) is 12.5. The van der Waals surface area contributed by atoms with Crippen molar-refractivity contribution in [2.75, 3.05) is 13.6 Å². The SMILES string of the molecule is C=CNC(C1CC/C(=C(/C)C(=C)NCc2ccc(F)cc2F)N1)N(C)CCC/C=C(C)/C=C/CC. The van der Waals surface area contributed by atoms with Crippen molar-refractivity contribution in [2.45, 2.75) is 71.6 Å². The maximum absolute atomic E-state index is 13.9. The molecule has 1 fully saturated rings. The Kier molecular flexibility index (Phi) is 11.8. The van der Waals surface area contributed by atoms with Crippen molar-refractivity contribution in [3.8, 4) is 0 Å². The van der Waals surface area contributed by atoms with Gasteiger partial charge in [0.25, 0.3) is 0 Å². The van der Waals surface area contributed by atoms with Crippen molar-refractivity contribution in [3.63, 3.8) is 0 Å². The maximum Gasteiger partial charge on any atom is 0.131 e. The Morgan fingerprint density at radius 2 is 2.09 bits per heavy atom. The van der Waals surface area contributed by atoms with Crippen LogP contribution in [0.2, 0.25) is 0 Å². The van der Waals surface area contributed by atoms with Gasteiger partial charge in [-0.1, -0.05) is 49.9 Å². The molecule has 0 aliphatic carbocycles. The molecule has 1 aliphatic heterocycles. The zero-order valence-corrected chi connectivity index (χ0v) is 21.8. The molecule has 0 saturated carbocycles. The summed E-state index contributed by atoms with van der Waals surface area (Å²) in [6, 6.07) is 3.85. The van der Waals surface area contributed by atoms with Gasteiger partial charge in [0.05, 0.1) is 12.2 Å². The van der Waals surface area contributed by atoms with Crippen LogP contribution in [-0.4, -0.2) is 30.7 Å². The van der Waals surface area contributed by atoms with E-state index in [-0.39, 0.29) is 18.8 Å². The number of unbranched alkanes of at least 4 members (excludes halogenated alkanes) is 1. The first kappa shape index (κ1) is 28.4. The molecule has 0 amide bonds. The molecular formula is C29H42F2N4. The van der Waals surface area contributed by atoms with Crippen LogP contribution in [0.4, 0.5) is 8.78 Å². The normalized spacial score (nSPS) is 18.5. The van der Waals surface area contributed by atoms with E-state index in [4.69, 9.17) is 0 Å². The number of likely N-dealkylation sites (N-methyl/N-ethyl adjacent to an activating group) is 1. The molecule has 1 heterocycles. The van der Waals surface area contributed by atoms with E-state index in [0.717, 1.165) is 61.7 Å². The van der Waals surface area contributed by atoms with Gasteiger partial charge in [-0.05, 0) is 70.8 Å². The Labute approximate surface area is 210 Å². The van der Waals surface area contributed by atoms with E-state index >= 15 is 0 Å². The second kappa shape index (κ2) is 14.5. The van der Waals surface area contributed by atoms with Crippen molar-refractivity contribution < 1.29 is 8.78 Å². The molecule has 2 rings (SSSR count). The van der Waals surface area contributed by atoms with Crippen LogP contribution in [-0.2, 0) is 6.54 Å². The zero-order chi connectivity index (χ0) is 25.8. The van der Waals surface area contributed by atoms with Crippen LogP contribution in [0.1, 0.15) is 58.4 Å². The van der Waals surface area contributed by atoms with E-state index in [1.54, 1.807) is 6.20 Å². The van der Waals surface area contributed by atoms with Gasteiger partial charge in [-0.25, -0.2) is 8.78 Å². The summed E-state index contributed by atoms with van der Waals surface area (Å²) in [5.74, 6) is -1.13. The van der Waals surface area contributed by atoms with Gasteiger partial charge in [0.2, 0.25) is 0 Å². The molecule has 2 atom stereocenters. The molecule has 0 bridgehead atoms. The van der Waals surface area contributed by atoms with E-state index in [0.29, 0.717) is 5.56 Å². The molecule has 0 spiro atoms. The number of nitrogens with zero attached hydrogens (tertiary/aromatic N) is 1. The second-order valence-electron chi connectivity index (χ2n) is 9.16. The van der Waals surface area contributed by atoms with Crippen LogP contribution in [0.15, 0.2) is 78.3 Å². The Morgan fingerprint density at radius 3 is 2.77 bits per heavy atom. The van der Waals surface area contributed by atoms with Gasteiger partial charge in [0, 0.05) is 36.1 Å². The highest BCUT2D eigenvalue weighted by Crippen LogP contribution is 2.25. The van der Waals surface area contributed by atoms with Crippen molar-refractivity contribution in [1.82, 2.24) is 20.9 Å². The van der Waals surface area contributed by atoms with Crippen LogP contribution in [0, 0.1) is 11.6 Å². The minimum Gasteiger partial charge on any atom is -0.382 e. The fourth-order valence-corrected chi connectivity index (χ4v) is 4.23. The lowest BCUT2D eigenvalue weighted by molar-refractivity contribution is 0.180. The number of rotatable bonds is 14. The molecule has 192 valence electrons. The molecule has 0 aromatic heterocycles. The Morgan fingerprint density at radius 1 is 1.31 bits per heavy atom. The van der Waals surface area contributed by atoms with E-state index < -0.39 is 11.6 Å². The number of benzene rings is 1. The largest absolute Gasteiger partial charge is 0.382 e. The summed E-state index contributed by atoms with van der Waals surface area (Å²) in [5, 5.41) is 10.3. The molecule has 1 aliphatic rings. The molecule has 1 aromatic carbocycles. The quantitative estimate of drug-likeness (QED) is 0.165. The van der Waals surface area contributed by atoms with Crippen LogP contribution in [0.3, 0.4) is 0 Å². The van der Waals surface area contributed by atoms with E-state index in [1.807, 2.05) is 6.92 Å². The predicted octanol–water partition coefficient (Wildman–Crippen LogP) is 6.28. The predicted molar refractivity (Wildman–Crippen MR) is 143 cm³/mol. The summed E-state index contributed by atoms with van der Waals surface area (Å²) in [7, 11) is 2.14. The molecule has 1 aromatic rings. The van der Waals surface area contributed by atoms with Gasteiger partial charge in [-0.15, -0.1) is 0 Å². The summed E-state index contributed by atoms with van der Waals surface area (Å²) in [4.78, 5) is 2.34. The van der Waals surface area contributed by atoms with E-state index in [1.165, 1.54) is 17.7 Å². The highest BCUT2D eigenvalue weighted by atomic mass is 19.1. The molecule has 0 radical (unpaired) electrons. The third kappa shape index (κ3) is 9.02. The Balaban J connectivity index is 1.92. The van der Waals surface area contributed by atoms with E-state index in [2.05, 4.69) is 73.1 Å². The van der Waals surface area contributed by atoms with Gasteiger partial charge in [-0.2, -0.15) is 0 Å². The molecule has 3 N–H and O–H groups in total. The van der Waals surface area contributed by atoms with Crippen molar-refractivity contribution in [2.24, 2.45) is 0 Å². The maximum atomic E-state index is 13.9. The van der Waals surface area contributed by atoms with E-state index in [9.17, 15) is 8.78 Å². The monoisotopic (exact) mass is 484 g/mol. The minimum absolute atomic E-state index is 0.123. The summed E-state index contributed by atoms with van der Waals surface area (Å²) >= 11 is 0. The fourth-order valence-electron chi connectivity index (χ4n) is 4.23. The van der Waals surface area contributed by atoms with Crippen molar-refractivity contribution >= 4 is 0 Å². The highest BCUT2D eigenvalue weighted by molar-refractivity contribution is 5.32. The van der Waals surface area contributed by atoms with Gasteiger partial charge < -0.3 is 16.0 Å². The first-order chi connectivity index (χ1) is 16.8. The zero-order valence-electron chi connectivity index (χ0n) is 21.8. The smallest absolute Gasteiger partial charge is 0.131 e. The standard InChI is InChI=1S/C29H42F2N4/c1-7-9-12-21(3)13-10-11-18-35(6)29(32-8-2)28-17-16-27(34-28)22(4)23(5)33-20-24-14-15-25(30)19-26(24)31/h8-9,12-15,19,28-29,32-34H,2,5,7,10-11,16-18,20H2,1,3-4,6H3/b12-9+,21-13+,27-22+. The number of hydrogen-bond donors (Lipinski definition) is 3. The van der Waals surface area contributed by atoms with Crippen LogP contribution in [0.25, 0.3) is 0 Å². The Hall–Kier alpha value is -2.86. The number of halogens is 2. The lowest BCUT2D eigenvalue weighted by Gasteiger charge is -2.33. The minimum atomic E-state index is -0.576. The molecule has 1 saturated heterocycles. The highest BCUT2D eigenvalue weighted by Gasteiger charge is 2.30. The van der Waals surface area contributed by atoms with Gasteiger partial charge in [0.1, 0.15) is 11.6 Å². The molecule has 6 heteroatoms. The number of allylic oxidation sites excluding steroid dienone is 6. The third-order valence-electron chi connectivity index (χ3n) is 6.42. The summed E-state index contributed by atoms with van der Waals surface area (Å²) in [5.41, 5.74) is 4.62. The number of nitrogens with one attached hydrogen (secondary N) is 3. The molecular weight excluding hydrogens is 442 g/mol. The van der Waals surface area contributed by atoms with Crippen molar-refractivity contribution in [1.29, 1.82) is 0 Å². The average Bonchev–Trinajstić information content (AvgIpc) is 3.32. The van der Waals surface area contributed by atoms with Crippen molar-refractivity contribution in [3.05, 3.63) is 95.5 Å². The topological polar surface area (TPSA) is 39.3 Å². The molecule has 4 nitrogen and oxygen atoms in total. The van der Waals surface area contributed by atoms with Gasteiger partial charge >= 0.3 is 0 Å². The summed E-state index contributed by atoms with van der Waals surface area (Å²) in [6.45, 7) is 15.5. The lowest BCUT2D eigenvalue weighted by Crippen LogP contribution is -2.53. The molecule has 35 heavy (non-hydrogen) atoms. The van der Waals surface area contributed by atoms with Crippen LogP contribution >= 0.6 is 0 Å². The van der Waals surface area contributed by atoms with Gasteiger partial charge in [-0.3, -0.25) is 4.90 Å². The fraction of sp³-hybridized carbons (Fsp3) is 0.448. The second-order valence-corrected chi connectivity index (χ2v) is 9.16. The summed E-state index contributed by atoms with van der Waals surface area (Å²) < 4.78 is 27.1. The van der Waals surface area contributed by atoms with Crippen LogP contribution < -0.4 is 16.0 Å². The van der Waals surface area contributed by atoms with Gasteiger partial charge in [0.15, 0.2) is 0 Å². The third-order valence-corrected chi connectivity index (χ3v) is 6.42. The van der Waals surface area contributed by atoms with Crippen LogP contribution in [0.5, 0.6) is 0 Å². The number of hydrogen-bond acceptors (Lipinski definition) is 4. The first-order valence-electron chi connectivity index (χ1n) is 12.5. The molecule has 2 unspecified atom stereocenters. The Bertz CT molecular complexity index is 948. The lowest BCUT2D eigenvalue weighted by atomic mass is 10.1.